The van der Waals surface area contributed by atoms with E-state index in [1.807, 2.05) is 60.4 Å². The van der Waals surface area contributed by atoms with Crippen LogP contribution in [0.15, 0.2) is 48.5 Å². The normalized spacial score (nSPS) is 16.5. The van der Waals surface area contributed by atoms with Crippen LogP contribution in [0.1, 0.15) is 35.7 Å². The van der Waals surface area contributed by atoms with Crippen LogP contribution < -0.4 is 4.74 Å². The fourth-order valence-corrected chi connectivity index (χ4v) is 3.28. The zero-order chi connectivity index (χ0) is 18.4. The molecule has 0 bridgehead atoms. The number of carbonyl (C=O) groups is 1. The highest BCUT2D eigenvalue weighted by Crippen LogP contribution is 2.23. The van der Waals surface area contributed by atoms with E-state index in [1.54, 1.807) is 0 Å². The number of benzene rings is 2. The van der Waals surface area contributed by atoms with Crippen molar-refractivity contribution in [1.82, 2.24) is 4.90 Å². The molecule has 1 aliphatic rings. The zero-order valence-electron chi connectivity index (χ0n) is 15.0. The Morgan fingerprint density at radius 2 is 2.00 bits per heavy atom. The van der Waals surface area contributed by atoms with Crippen LogP contribution in [0, 0.1) is 0 Å². The first-order chi connectivity index (χ1) is 12.7. The number of carbonyl (C=O) groups excluding carboxylic acids is 1. The summed E-state index contributed by atoms with van der Waals surface area (Å²) in [7, 11) is 0. The lowest BCUT2D eigenvalue weighted by Crippen LogP contribution is -2.37. The third-order valence-electron chi connectivity index (χ3n) is 4.44. The van der Waals surface area contributed by atoms with Gasteiger partial charge in [0.05, 0.1) is 18.3 Å². The Hall–Kier alpha value is -2.04. The first-order valence-electron chi connectivity index (χ1n) is 9.04. The molecule has 4 nitrogen and oxygen atoms in total. The van der Waals surface area contributed by atoms with Crippen molar-refractivity contribution in [1.29, 1.82) is 0 Å². The van der Waals surface area contributed by atoms with Gasteiger partial charge in [-0.2, -0.15) is 0 Å². The van der Waals surface area contributed by atoms with Crippen LogP contribution >= 0.6 is 11.6 Å². The van der Waals surface area contributed by atoms with Crippen LogP contribution in [0.4, 0.5) is 0 Å². The summed E-state index contributed by atoms with van der Waals surface area (Å²) in [5, 5.41) is 0.687. The molecule has 138 valence electrons. The molecule has 0 saturated carbocycles. The highest BCUT2D eigenvalue weighted by molar-refractivity contribution is 6.30. The summed E-state index contributed by atoms with van der Waals surface area (Å²) in [4.78, 5) is 15.1. The average molecular weight is 374 g/mol. The first kappa shape index (κ1) is 18.7. The van der Waals surface area contributed by atoms with Crippen molar-refractivity contribution < 1.29 is 14.3 Å². The molecule has 2 aromatic carbocycles. The molecule has 0 aromatic heterocycles. The summed E-state index contributed by atoms with van der Waals surface area (Å²) >= 11 is 5.98. The van der Waals surface area contributed by atoms with E-state index in [4.69, 9.17) is 21.1 Å². The molecule has 26 heavy (non-hydrogen) atoms. The number of nitrogens with zero attached hydrogens (tertiary/aromatic N) is 1. The SMILES string of the molecule is CCOc1ccccc1C(=O)N(Cc1ccc(Cl)cc1)CC1CCCO1. The number of amides is 1. The standard InChI is InChI=1S/C21H24ClNO3/c1-2-25-20-8-4-3-7-19(20)21(24)23(15-18-6-5-13-26-18)14-16-9-11-17(22)12-10-16/h3-4,7-12,18H,2,5-6,13-15H2,1H3. The molecular weight excluding hydrogens is 350 g/mol. The highest BCUT2D eigenvalue weighted by Gasteiger charge is 2.25. The molecular formula is C21H24ClNO3. The van der Waals surface area contributed by atoms with Gasteiger partial charge in [-0.05, 0) is 49.6 Å². The Balaban J connectivity index is 1.83. The molecule has 1 aliphatic heterocycles. The van der Waals surface area contributed by atoms with Gasteiger partial charge in [0.1, 0.15) is 5.75 Å². The van der Waals surface area contributed by atoms with Gasteiger partial charge in [0.2, 0.25) is 0 Å². The Morgan fingerprint density at radius 1 is 1.23 bits per heavy atom. The molecule has 1 heterocycles. The molecule has 0 spiro atoms. The molecule has 5 heteroatoms. The second-order valence-electron chi connectivity index (χ2n) is 6.38. The Morgan fingerprint density at radius 3 is 2.69 bits per heavy atom. The smallest absolute Gasteiger partial charge is 0.258 e. The van der Waals surface area contributed by atoms with Gasteiger partial charge in [0.15, 0.2) is 0 Å². The van der Waals surface area contributed by atoms with E-state index in [0.717, 1.165) is 25.0 Å². The summed E-state index contributed by atoms with van der Waals surface area (Å²) in [6.07, 6.45) is 2.12. The molecule has 1 unspecified atom stereocenters. The largest absolute Gasteiger partial charge is 0.493 e. The summed E-state index contributed by atoms with van der Waals surface area (Å²) in [5.41, 5.74) is 1.62. The number of hydrogen-bond acceptors (Lipinski definition) is 3. The number of ether oxygens (including phenoxy) is 2. The monoisotopic (exact) mass is 373 g/mol. The van der Waals surface area contributed by atoms with Crippen LogP contribution in [0.25, 0.3) is 0 Å². The van der Waals surface area contributed by atoms with E-state index in [1.165, 1.54) is 0 Å². The summed E-state index contributed by atoms with van der Waals surface area (Å²) < 4.78 is 11.4. The van der Waals surface area contributed by atoms with Crippen molar-refractivity contribution >= 4 is 17.5 Å². The van der Waals surface area contributed by atoms with Gasteiger partial charge in [-0.25, -0.2) is 0 Å². The molecule has 1 fully saturated rings. The maximum absolute atomic E-state index is 13.3. The van der Waals surface area contributed by atoms with Gasteiger partial charge in [-0.15, -0.1) is 0 Å². The van der Waals surface area contributed by atoms with Gasteiger partial charge in [0, 0.05) is 24.7 Å². The average Bonchev–Trinajstić information content (AvgIpc) is 3.16. The third-order valence-corrected chi connectivity index (χ3v) is 4.69. The van der Waals surface area contributed by atoms with Crippen LogP contribution in [-0.2, 0) is 11.3 Å². The molecule has 3 rings (SSSR count). The maximum Gasteiger partial charge on any atom is 0.258 e. The summed E-state index contributed by atoms with van der Waals surface area (Å²) in [6, 6.07) is 15.0. The zero-order valence-corrected chi connectivity index (χ0v) is 15.7. The second-order valence-corrected chi connectivity index (χ2v) is 6.81. The van der Waals surface area contributed by atoms with Crippen LogP contribution in [0.3, 0.4) is 0 Å². The molecule has 2 aromatic rings. The van der Waals surface area contributed by atoms with Crippen molar-refractivity contribution in [2.45, 2.75) is 32.4 Å². The fourth-order valence-electron chi connectivity index (χ4n) is 3.16. The van der Waals surface area contributed by atoms with Crippen LogP contribution in [0.2, 0.25) is 5.02 Å². The van der Waals surface area contributed by atoms with E-state index in [0.29, 0.717) is 36.0 Å². The van der Waals surface area contributed by atoms with Crippen molar-refractivity contribution in [3.63, 3.8) is 0 Å². The number of halogens is 1. The van der Waals surface area contributed by atoms with E-state index in [9.17, 15) is 4.79 Å². The summed E-state index contributed by atoms with van der Waals surface area (Å²) in [5.74, 6) is 0.577. The first-order valence-corrected chi connectivity index (χ1v) is 9.42. The molecule has 1 atom stereocenters. The predicted molar refractivity (Wildman–Crippen MR) is 103 cm³/mol. The lowest BCUT2D eigenvalue weighted by molar-refractivity contribution is 0.0504. The van der Waals surface area contributed by atoms with Crippen molar-refractivity contribution in [3.05, 3.63) is 64.7 Å². The quantitative estimate of drug-likeness (QED) is 0.714. The minimum absolute atomic E-state index is 0.0421. The predicted octanol–water partition coefficient (Wildman–Crippen LogP) is 4.56. The Bertz CT molecular complexity index is 726. The molecule has 1 saturated heterocycles. The van der Waals surface area contributed by atoms with Crippen molar-refractivity contribution in [2.24, 2.45) is 0 Å². The minimum atomic E-state index is -0.0421. The molecule has 1 amide bonds. The maximum atomic E-state index is 13.3. The lowest BCUT2D eigenvalue weighted by atomic mass is 10.1. The molecule has 0 aliphatic carbocycles. The topological polar surface area (TPSA) is 38.8 Å². The van der Waals surface area contributed by atoms with E-state index in [2.05, 4.69) is 0 Å². The van der Waals surface area contributed by atoms with Crippen LogP contribution in [0.5, 0.6) is 5.75 Å². The van der Waals surface area contributed by atoms with Gasteiger partial charge in [-0.3, -0.25) is 4.79 Å². The van der Waals surface area contributed by atoms with Crippen LogP contribution in [-0.4, -0.2) is 36.7 Å². The van der Waals surface area contributed by atoms with Gasteiger partial charge in [0.25, 0.3) is 5.91 Å². The van der Waals surface area contributed by atoms with Crippen molar-refractivity contribution in [3.8, 4) is 5.75 Å². The molecule has 0 N–H and O–H groups in total. The Kier molecular flexibility index (Phi) is 6.53. The highest BCUT2D eigenvalue weighted by atomic mass is 35.5. The van der Waals surface area contributed by atoms with Gasteiger partial charge in [-0.1, -0.05) is 35.9 Å². The van der Waals surface area contributed by atoms with Crippen molar-refractivity contribution in [2.75, 3.05) is 19.8 Å². The third kappa shape index (κ3) is 4.77. The van der Waals surface area contributed by atoms with Gasteiger partial charge < -0.3 is 14.4 Å². The van der Waals surface area contributed by atoms with E-state index >= 15 is 0 Å². The fraction of sp³-hybridized carbons (Fsp3) is 0.381. The second kappa shape index (κ2) is 9.06. The lowest BCUT2D eigenvalue weighted by Gasteiger charge is -2.26. The number of para-hydroxylation sites is 1. The number of hydrogen-bond donors (Lipinski definition) is 0. The minimum Gasteiger partial charge on any atom is -0.493 e. The van der Waals surface area contributed by atoms with E-state index in [-0.39, 0.29) is 12.0 Å². The number of rotatable bonds is 7. The Labute approximate surface area is 159 Å². The summed E-state index contributed by atoms with van der Waals surface area (Å²) in [6.45, 7) is 4.29. The van der Waals surface area contributed by atoms with Gasteiger partial charge >= 0.3 is 0 Å². The van der Waals surface area contributed by atoms with E-state index < -0.39 is 0 Å². The molecule has 0 radical (unpaired) electrons.